The maximum absolute atomic E-state index is 13.3. The summed E-state index contributed by atoms with van der Waals surface area (Å²) >= 11 is 1.67. The van der Waals surface area contributed by atoms with Crippen LogP contribution in [0.3, 0.4) is 0 Å². The van der Waals surface area contributed by atoms with Crippen molar-refractivity contribution in [3.05, 3.63) is 41.5 Å². The van der Waals surface area contributed by atoms with Crippen LogP contribution >= 0.6 is 11.8 Å². The van der Waals surface area contributed by atoms with E-state index in [0.29, 0.717) is 18.5 Å². The lowest BCUT2D eigenvalue weighted by molar-refractivity contribution is 0.460. The lowest BCUT2D eigenvalue weighted by atomic mass is 10.2. The maximum Gasteiger partial charge on any atom is 0.191 e. The number of rotatable bonds is 8. The van der Waals surface area contributed by atoms with Crippen molar-refractivity contribution in [2.45, 2.75) is 56.3 Å². The number of nitrogens with zero attached hydrogens (tertiary/aromatic N) is 4. The first-order valence-electron chi connectivity index (χ1n) is 9.88. The fourth-order valence-corrected chi connectivity index (χ4v) is 4.23. The lowest BCUT2D eigenvalue weighted by Gasteiger charge is -2.16. The molecule has 2 N–H and O–H groups in total. The Morgan fingerprint density at radius 3 is 2.82 bits per heavy atom. The van der Waals surface area contributed by atoms with Gasteiger partial charge in [0.2, 0.25) is 0 Å². The van der Waals surface area contributed by atoms with Crippen molar-refractivity contribution in [3.8, 4) is 0 Å². The van der Waals surface area contributed by atoms with E-state index in [1.807, 2.05) is 6.07 Å². The normalized spacial score (nSPS) is 15.2. The third kappa shape index (κ3) is 5.47. The van der Waals surface area contributed by atoms with E-state index in [9.17, 15) is 4.39 Å². The summed E-state index contributed by atoms with van der Waals surface area (Å²) in [6.07, 6.45) is 8.95. The molecule has 0 aliphatic heterocycles. The van der Waals surface area contributed by atoms with Crippen molar-refractivity contribution < 1.29 is 4.39 Å². The van der Waals surface area contributed by atoms with Gasteiger partial charge in [-0.1, -0.05) is 36.7 Å². The minimum absolute atomic E-state index is 0.224. The Morgan fingerprint density at radius 2 is 2.11 bits per heavy atom. The van der Waals surface area contributed by atoms with Gasteiger partial charge >= 0.3 is 0 Å². The first-order chi connectivity index (χ1) is 13.7. The van der Waals surface area contributed by atoms with Crippen LogP contribution in [-0.4, -0.2) is 40.6 Å². The van der Waals surface area contributed by atoms with Crippen LogP contribution in [0.2, 0.25) is 0 Å². The highest BCUT2D eigenvalue weighted by Gasteiger charge is 2.23. The molecular formula is C20H29FN6S. The summed E-state index contributed by atoms with van der Waals surface area (Å²) in [5, 5.41) is 16.4. The second-order valence-corrected chi connectivity index (χ2v) is 7.77. The second-order valence-electron chi connectivity index (χ2n) is 7.00. The van der Waals surface area contributed by atoms with Crippen LogP contribution in [0.15, 0.2) is 34.4 Å². The van der Waals surface area contributed by atoms with E-state index in [-0.39, 0.29) is 5.82 Å². The van der Waals surface area contributed by atoms with Gasteiger partial charge in [0.1, 0.15) is 11.6 Å². The van der Waals surface area contributed by atoms with Gasteiger partial charge in [-0.2, -0.15) is 0 Å². The van der Waals surface area contributed by atoms with Gasteiger partial charge in [0, 0.05) is 32.6 Å². The molecule has 0 bridgehead atoms. The second kappa shape index (κ2) is 10.5. The summed E-state index contributed by atoms with van der Waals surface area (Å²) < 4.78 is 15.6. The average molecular weight is 405 g/mol. The van der Waals surface area contributed by atoms with E-state index in [2.05, 4.69) is 36.6 Å². The van der Waals surface area contributed by atoms with Crippen molar-refractivity contribution in [3.63, 3.8) is 0 Å². The van der Waals surface area contributed by atoms with Crippen molar-refractivity contribution in [2.24, 2.45) is 4.99 Å². The summed E-state index contributed by atoms with van der Waals surface area (Å²) in [5.41, 5.74) is 0.886. The van der Waals surface area contributed by atoms with Gasteiger partial charge < -0.3 is 15.2 Å². The maximum atomic E-state index is 13.3. The zero-order chi connectivity index (χ0) is 19.8. The van der Waals surface area contributed by atoms with Crippen LogP contribution in [-0.2, 0) is 13.0 Å². The van der Waals surface area contributed by atoms with Crippen molar-refractivity contribution in [2.75, 3.05) is 19.8 Å². The minimum atomic E-state index is -0.224. The van der Waals surface area contributed by atoms with Gasteiger partial charge in [0.25, 0.3) is 0 Å². The quantitative estimate of drug-likeness (QED) is 0.305. The molecule has 1 fully saturated rings. The van der Waals surface area contributed by atoms with Crippen LogP contribution in [0.4, 0.5) is 4.39 Å². The van der Waals surface area contributed by atoms with E-state index >= 15 is 0 Å². The Labute approximate surface area is 170 Å². The van der Waals surface area contributed by atoms with E-state index in [4.69, 9.17) is 0 Å². The van der Waals surface area contributed by atoms with E-state index in [1.165, 1.54) is 37.8 Å². The van der Waals surface area contributed by atoms with Crippen LogP contribution in [0.25, 0.3) is 0 Å². The van der Waals surface area contributed by atoms with Crippen LogP contribution in [0, 0.1) is 5.82 Å². The molecule has 0 radical (unpaired) electrons. The highest BCUT2D eigenvalue weighted by molar-refractivity contribution is 7.98. The van der Waals surface area contributed by atoms with Gasteiger partial charge in [-0.15, -0.1) is 10.2 Å². The Hall–Kier alpha value is -2.09. The number of nitrogens with one attached hydrogen (secondary N) is 2. The molecule has 1 saturated carbocycles. The molecule has 0 amide bonds. The zero-order valence-corrected chi connectivity index (χ0v) is 17.4. The molecule has 6 nitrogen and oxygen atoms in total. The third-order valence-electron chi connectivity index (χ3n) is 5.05. The summed E-state index contributed by atoms with van der Waals surface area (Å²) in [5.74, 6) is 1.57. The molecular weight excluding hydrogens is 375 g/mol. The van der Waals surface area contributed by atoms with Crippen molar-refractivity contribution in [1.82, 2.24) is 25.4 Å². The number of halogens is 1. The van der Waals surface area contributed by atoms with E-state index < -0.39 is 0 Å². The van der Waals surface area contributed by atoms with Gasteiger partial charge in [-0.25, -0.2) is 4.39 Å². The number of aryl methyl sites for hydroxylation is 1. The molecule has 1 aliphatic rings. The smallest absolute Gasteiger partial charge is 0.191 e. The average Bonchev–Trinajstić information content (AvgIpc) is 3.36. The Kier molecular flexibility index (Phi) is 7.71. The standard InChI is InChI=1S/C20H29FN6S/c1-22-19(24-14-15-7-5-8-16(21)13-15)23-12-6-11-18-25-26-20(28-2)27(18)17-9-3-4-10-17/h5,7-8,13,17H,3-4,6,9-12,14H2,1-2H3,(H2,22,23,24). The number of benzene rings is 1. The predicted molar refractivity (Wildman–Crippen MR) is 112 cm³/mol. The molecule has 0 atom stereocenters. The predicted octanol–water partition coefficient (Wildman–Crippen LogP) is 3.55. The van der Waals surface area contributed by atoms with Crippen molar-refractivity contribution >= 4 is 17.7 Å². The minimum Gasteiger partial charge on any atom is -0.356 e. The fraction of sp³-hybridized carbons (Fsp3) is 0.550. The van der Waals surface area contributed by atoms with E-state index in [0.717, 1.165) is 35.9 Å². The lowest BCUT2D eigenvalue weighted by Crippen LogP contribution is -2.37. The molecule has 0 saturated heterocycles. The molecule has 1 aromatic carbocycles. The molecule has 1 aromatic heterocycles. The van der Waals surface area contributed by atoms with Crippen LogP contribution in [0.5, 0.6) is 0 Å². The summed E-state index contributed by atoms with van der Waals surface area (Å²) in [6.45, 7) is 1.32. The Balaban J connectivity index is 1.46. The molecule has 1 heterocycles. The number of guanidine groups is 1. The monoisotopic (exact) mass is 404 g/mol. The van der Waals surface area contributed by atoms with Gasteiger partial charge in [-0.3, -0.25) is 4.99 Å². The zero-order valence-electron chi connectivity index (χ0n) is 16.6. The number of hydrogen-bond acceptors (Lipinski definition) is 4. The molecule has 2 aromatic rings. The fourth-order valence-electron chi connectivity index (χ4n) is 3.65. The van der Waals surface area contributed by atoms with Gasteiger partial charge in [-0.05, 0) is 43.2 Å². The number of thioether (sulfide) groups is 1. The molecule has 28 heavy (non-hydrogen) atoms. The molecule has 8 heteroatoms. The Bertz CT molecular complexity index is 785. The molecule has 1 aliphatic carbocycles. The molecule has 3 rings (SSSR count). The number of hydrogen-bond donors (Lipinski definition) is 2. The largest absolute Gasteiger partial charge is 0.356 e. The van der Waals surface area contributed by atoms with Crippen LogP contribution in [0.1, 0.15) is 49.5 Å². The first-order valence-corrected chi connectivity index (χ1v) is 11.1. The van der Waals surface area contributed by atoms with E-state index in [1.54, 1.807) is 24.9 Å². The summed E-state index contributed by atoms with van der Waals surface area (Å²) in [7, 11) is 1.74. The summed E-state index contributed by atoms with van der Waals surface area (Å²) in [4.78, 5) is 4.23. The molecule has 0 unspecified atom stereocenters. The number of aliphatic imine (C=N–C) groups is 1. The first kappa shape index (κ1) is 20.6. The third-order valence-corrected chi connectivity index (χ3v) is 5.69. The van der Waals surface area contributed by atoms with Gasteiger partial charge in [0.15, 0.2) is 11.1 Å². The molecule has 152 valence electrons. The van der Waals surface area contributed by atoms with Crippen molar-refractivity contribution in [1.29, 1.82) is 0 Å². The highest BCUT2D eigenvalue weighted by atomic mass is 32.2. The van der Waals surface area contributed by atoms with Crippen LogP contribution < -0.4 is 10.6 Å². The summed E-state index contributed by atoms with van der Waals surface area (Å²) in [6, 6.07) is 7.14. The SMILES string of the molecule is CN=C(NCCCc1nnc(SC)n1C1CCCC1)NCc1cccc(F)c1. The van der Waals surface area contributed by atoms with Gasteiger partial charge in [0.05, 0.1) is 0 Å². The molecule has 0 spiro atoms. The Morgan fingerprint density at radius 1 is 1.29 bits per heavy atom. The highest BCUT2D eigenvalue weighted by Crippen LogP contribution is 2.33. The topological polar surface area (TPSA) is 67.1 Å². The number of aromatic nitrogens is 3.